The molecular formula is C17H17ClO2S. The summed E-state index contributed by atoms with van der Waals surface area (Å²) in [5, 5.41) is 0.531. The number of hydrogen-bond acceptors (Lipinski definition) is 3. The van der Waals surface area contributed by atoms with Crippen molar-refractivity contribution in [1.82, 2.24) is 0 Å². The molecule has 0 aliphatic carbocycles. The van der Waals surface area contributed by atoms with Crippen LogP contribution in [0.2, 0.25) is 5.02 Å². The Bertz CT molecular complexity index is 569. The van der Waals surface area contributed by atoms with Crippen LogP contribution in [-0.2, 0) is 21.9 Å². The molecule has 1 unspecified atom stereocenters. The zero-order valence-electron chi connectivity index (χ0n) is 11.8. The summed E-state index contributed by atoms with van der Waals surface area (Å²) in [7, 11) is 0. The Hall–Kier alpha value is -1.45. The molecule has 0 aliphatic rings. The summed E-state index contributed by atoms with van der Waals surface area (Å²) in [4.78, 5) is 11.9. The van der Waals surface area contributed by atoms with Crippen LogP contribution >= 0.6 is 23.4 Å². The van der Waals surface area contributed by atoms with Gasteiger partial charge in [-0.05, 0) is 30.2 Å². The van der Waals surface area contributed by atoms with Crippen LogP contribution < -0.4 is 0 Å². The average Bonchev–Trinajstić information content (AvgIpc) is 2.52. The minimum atomic E-state index is -0.190. The second kappa shape index (κ2) is 8.11. The zero-order chi connectivity index (χ0) is 15.1. The molecule has 0 N–H and O–H groups in total. The van der Waals surface area contributed by atoms with Crippen LogP contribution in [0.5, 0.6) is 0 Å². The molecule has 110 valence electrons. The van der Waals surface area contributed by atoms with Crippen molar-refractivity contribution in [3.05, 3.63) is 70.7 Å². The summed E-state index contributed by atoms with van der Waals surface area (Å²) in [6.45, 7) is 2.19. The second-order valence-electron chi connectivity index (χ2n) is 4.67. The Morgan fingerprint density at radius 2 is 1.76 bits per heavy atom. The number of halogens is 1. The average molecular weight is 321 g/mol. The number of hydrogen-bond donors (Lipinski definition) is 0. The highest BCUT2D eigenvalue weighted by Gasteiger charge is 2.15. The van der Waals surface area contributed by atoms with E-state index < -0.39 is 0 Å². The number of carbonyl (C=O) groups excluding carboxylic acids is 1. The molecule has 21 heavy (non-hydrogen) atoms. The Labute approximate surface area is 134 Å². The van der Waals surface area contributed by atoms with E-state index in [0.29, 0.717) is 6.61 Å². The van der Waals surface area contributed by atoms with Crippen LogP contribution in [-0.4, -0.2) is 11.2 Å². The van der Waals surface area contributed by atoms with Crippen molar-refractivity contribution in [3.8, 4) is 0 Å². The summed E-state index contributed by atoms with van der Waals surface area (Å²) >= 11 is 7.40. The summed E-state index contributed by atoms with van der Waals surface area (Å²) in [6.07, 6.45) is 0. The van der Waals surface area contributed by atoms with Crippen LogP contribution in [0.15, 0.2) is 54.6 Å². The van der Waals surface area contributed by atoms with Gasteiger partial charge in [0.15, 0.2) is 0 Å². The van der Waals surface area contributed by atoms with E-state index in [1.165, 1.54) is 0 Å². The lowest BCUT2D eigenvalue weighted by Crippen LogP contribution is -2.17. The molecule has 0 fully saturated rings. The first-order valence-corrected chi connectivity index (χ1v) is 8.14. The summed E-state index contributed by atoms with van der Waals surface area (Å²) in [6, 6.07) is 17.3. The maximum Gasteiger partial charge on any atom is 0.319 e. The van der Waals surface area contributed by atoms with Gasteiger partial charge in [0.1, 0.15) is 6.61 Å². The Kier molecular flexibility index (Phi) is 6.15. The van der Waals surface area contributed by atoms with Crippen molar-refractivity contribution >= 4 is 29.3 Å². The molecular weight excluding hydrogens is 304 g/mol. The Balaban J connectivity index is 1.76. The maximum absolute atomic E-state index is 11.9. The molecule has 0 saturated heterocycles. The van der Waals surface area contributed by atoms with Gasteiger partial charge >= 0.3 is 5.97 Å². The van der Waals surface area contributed by atoms with Crippen LogP contribution in [0.3, 0.4) is 0 Å². The van der Waals surface area contributed by atoms with Crippen molar-refractivity contribution in [1.29, 1.82) is 0 Å². The van der Waals surface area contributed by atoms with Crippen molar-refractivity contribution in [3.63, 3.8) is 0 Å². The van der Waals surface area contributed by atoms with E-state index >= 15 is 0 Å². The van der Waals surface area contributed by atoms with Crippen LogP contribution in [0.25, 0.3) is 0 Å². The zero-order valence-corrected chi connectivity index (χ0v) is 13.4. The fourth-order valence-electron chi connectivity index (χ4n) is 1.72. The van der Waals surface area contributed by atoms with Gasteiger partial charge in [0.05, 0.1) is 5.25 Å². The quantitative estimate of drug-likeness (QED) is 0.721. The molecule has 0 aromatic heterocycles. The molecule has 0 bridgehead atoms. The first kappa shape index (κ1) is 15.9. The van der Waals surface area contributed by atoms with Crippen LogP contribution in [0, 0.1) is 0 Å². The summed E-state index contributed by atoms with van der Waals surface area (Å²) in [5.41, 5.74) is 2.15. The molecule has 2 nitrogen and oxygen atoms in total. The van der Waals surface area contributed by atoms with E-state index in [4.69, 9.17) is 16.3 Å². The molecule has 0 aliphatic heterocycles. The lowest BCUT2D eigenvalue weighted by atomic mass is 10.2. The van der Waals surface area contributed by atoms with Gasteiger partial charge in [0, 0.05) is 10.8 Å². The van der Waals surface area contributed by atoms with Crippen molar-refractivity contribution in [2.24, 2.45) is 0 Å². The maximum atomic E-state index is 11.9. The molecule has 0 saturated carbocycles. The minimum Gasteiger partial charge on any atom is -0.460 e. The smallest absolute Gasteiger partial charge is 0.319 e. The van der Waals surface area contributed by atoms with Crippen molar-refractivity contribution in [2.75, 3.05) is 0 Å². The molecule has 0 spiro atoms. The predicted molar refractivity (Wildman–Crippen MR) is 88.4 cm³/mol. The molecule has 0 radical (unpaired) electrons. The monoisotopic (exact) mass is 320 g/mol. The van der Waals surface area contributed by atoms with Gasteiger partial charge in [-0.2, -0.15) is 0 Å². The van der Waals surface area contributed by atoms with E-state index in [-0.39, 0.29) is 11.2 Å². The Morgan fingerprint density at radius 1 is 1.10 bits per heavy atom. The summed E-state index contributed by atoms with van der Waals surface area (Å²) in [5.74, 6) is 0.580. The highest BCUT2D eigenvalue weighted by Crippen LogP contribution is 2.20. The van der Waals surface area contributed by atoms with Gasteiger partial charge in [-0.1, -0.05) is 54.1 Å². The third-order valence-electron chi connectivity index (χ3n) is 2.97. The van der Waals surface area contributed by atoms with Crippen molar-refractivity contribution in [2.45, 2.75) is 24.5 Å². The third-order valence-corrected chi connectivity index (χ3v) is 4.41. The molecule has 2 aromatic rings. The van der Waals surface area contributed by atoms with Gasteiger partial charge < -0.3 is 4.74 Å². The van der Waals surface area contributed by atoms with Gasteiger partial charge in [-0.15, -0.1) is 11.8 Å². The van der Waals surface area contributed by atoms with E-state index in [2.05, 4.69) is 0 Å². The predicted octanol–water partition coefficient (Wildman–Crippen LogP) is 4.71. The molecule has 0 heterocycles. The van der Waals surface area contributed by atoms with Gasteiger partial charge in [-0.25, -0.2) is 0 Å². The molecule has 0 amide bonds. The highest BCUT2D eigenvalue weighted by molar-refractivity contribution is 7.99. The molecule has 2 rings (SSSR count). The third kappa shape index (κ3) is 5.44. The van der Waals surface area contributed by atoms with Crippen LogP contribution in [0.1, 0.15) is 18.1 Å². The number of carbonyl (C=O) groups is 1. The number of rotatable bonds is 6. The van der Waals surface area contributed by atoms with Gasteiger partial charge in [0.2, 0.25) is 0 Å². The number of esters is 1. The standard InChI is InChI=1S/C17H17ClO2S/c1-13(21-12-15-7-9-16(18)10-8-15)17(19)20-11-14-5-3-2-4-6-14/h2-10,13H,11-12H2,1H3. The van der Waals surface area contributed by atoms with Crippen LogP contribution in [0.4, 0.5) is 0 Å². The number of benzene rings is 2. The largest absolute Gasteiger partial charge is 0.460 e. The lowest BCUT2D eigenvalue weighted by Gasteiger charge is -2.11. The van der Waals surface area contributed by atoms with E-state index in [9.17, 15) is 4.79 Å². The topological polar surface area (TPSA) is 26.3 Å². The minimum absolute atomic E-state index is 0.183. The second-order valence-corrected chi connectivity index (χ2v) is 6.44. The fraction of sp³-hybridized carbons (Fsp3) is 0.235. The van der Waals surface area contributed by atoms with Gasteiger partial charge in [-0.3, -0.25) is 4.79 Å². The molecule has 4 heteroatoms. The first-order valence-electron chi connectivity index (χ1n) is 6.72. The number of ether oxygens (including phenoxy) is 1. The normalized spacial score (nSPS) is 11.9. The lowest BCUT2D eigenvalue weighted by molar-refractivity contribution is -0.143. The van der Waals surface area contributed by atoms with E-state index in [1.807, 2.05) is 61.5 Å². The summed E-state index contributed by atoms with van der Waals surface area (Å²) < 4.78 is 5.32. The molecule has 1 atom stereocenters. The SMILES string of the molecule is CC(SCc1ccc(Cl)cc1)C(=O)OCc1ccccc1. The van der Waals surface area contributed by atoms with Crippen molar-refractivity contribution < 1.29 is 9.53 Å². The van der Waals surface area contributed by atoms with E-state index in [0.717, 1.165) is 21.9 Å². The van der Waals surface area contributed by atoms with Gasteiger partial charge in [0.25, 0.3) is 0 Å². The first-order chi connectivity index (χ1) is 10.1. The molecule has 2 aromatic carbocycles. The highest BCUT2D eigenvalue weighted by atomic mass is 35.5. The fourth-order valence-corrected chi connectivity index (χ4v) is 2.68. The van der Waals surface area contributed by atoms with E-state index in [1.54, 1.807) is 11.8 Å². The number of thioether (sulfide) groups is 1. The Morgan fingerprint density at radius 3 is 2.43 bits per heavy atom.